The minimum atomic E-state index is 0.380. The number of fused-ring (bicyclic) bond motifs is 3. The van der Waals surface area contributed by atoms with Gasteiger partial charge in [0.15, 0.2) is 0 Å². The topological polar surface area (TPSA) is 38.4 Å². The third-order valence-electron chi connectivity index (χ3n) is 4.33. The Hall–Kier alpha value is -0.610. The van der Waals surface area contributed by atoms with Gasteiger partial charge in [-0.3, -0.25) is 4.99 Å². The summed E-state index contributed by atoms with van der Waals surface area (Å²) in [6.07, 6.45) is 1.46. The molecule has 0 amide bonds. The lowest BCUT2D eigenvalue weighted by Crippen LogP contribution is -2.74. The molecule has 0 aromatic rings. The molecule has 0 spiro atoms. The van der Waals surface area contributed by atoms with Gasteiger partial charge >= 0.3 is 0 Å². The highest BCUT2D eigenvalue weighted by Gasteiger charge is 2.46. The Kier molecular flexibility index (Phi) is 2.73. The SMILES string of the molecule is CC(C[N+]12CC[N+](C)(CC1)CC2)N=CN. The van der Waals surface area contributed by atoms with E-state index in [1.807, 2.05) is 0 Å². The number of hydrogen-bond donors (Lipinski definition) is 1. The minimum absolute atomic E-state index is 0.380. The van der Waals surface area contributed by atoms with E-state index < -0.39 is 0 Å². The Bertz CT molecular complexity index is 237. The first-order chi connectivity index (χ1) is 7.08. The van der Waals surface area contributed by atoms with Gasteiger partial charge in [-0.25, -0.2) is 0 Å². The first kappa shape index (κ1) is 10.9. The second-order valence-corrected chi connectivity index (χ2v) is 5.63. The van der Waals surface area contributed by atoms with Crippen LogP contribution in [0.1, 0.15) is 6.92 Å². The molecular formula is C11H24N4+2. The third-order valence-corrected chi connectivity index (χ3v) is 4.33. The van der Waals surface area contributed by atoms with Gasteiger partial charge in [0.05, 0.1) is 19.4 Å². The van der Waals surface area contributed by atoms with E-state index in [-0.39, 0.29) is 0 Å². The van der Waals surface area contributed by atoms with Crippen LogP contribution in [0, 0.1) is 0 Å². The molecule has 3 saturated heterocycles. The van der Waals surface area contributed by atoms with Gasteiger partial charge in [-0.15, -0.1) is 0 Å². The molecule has 15 heavy (non-hydrogen) atoms. The van der Waals surface area contributed by atoms with Crippen molar-refractivity contribution >= 4 is 6.34 Å². The molecule has 0 aromatic heterocycles. The lowest BCUT2D eigenvalue weighted by atomic mass is 10.1. The van der Waals surface area contributed by atoms with E-state index in [0.29, 0.717) is 6.04 Å². The summed E-state index contributed by atoms with van der Waals surface area (Å²) in [6, 6.07) is 0.380. The largest absolute Gasteiger partial charge is 0.390 e. The number of quaternary nitrogens is 2. The lowest BCUT2D eigenvalue weighted by Gasteiger charge is -2.54. The van der Waals surface area contributed by atoms with Crippen LogP contribution in [0.25, 0.3) is 0 Å². The summed E-state index contributed by atoms with van der Waals surface area (Å²) < 4.78 is 2.58. The summed E-state index contributed by atoms with van der Waals surface area (Å²) >= 11 is 0. The molecule has 3 heterocycles. The molecule has 3 aliphatic heterocycles. The molecule has 3 rings (SSSR count). The van der Waals surface area contributed by atoms with Crippen molar-refractivity contribution in [2.24, 2.45) is 10.7 Å². The van der Waals surface area contributed by atoms with Crippen molar-refractivity contribution in [2.75, 3.05) is 52.9 Å². The van der Waals surface area contributed by atoms with E-state index in [4.69, 9.17) is 5.73 Å². The maximum absolute atomic E-state index is 5.35. The summed E-state index contributed by atoms with van der Waals surface area (Å²) in [6.45, 7) is 11.4. The van der Waals surface area contributed by atoms with Gasteiger partial charge in [0, 0.05) is 0 Å². The quantitative estimate of drug-likeness (QED) is 0.388. The van der Waals surface area contributed by atoms with Gasteiger partial charge in [-0.1, -0.05) is 0 Å². The molecule has 1 atom stereocenters. The van der Waals surface area contributed by atoms with E-state index in [1.54, 1.807) is 0 Å². The summed E-state index contributed by atoms with van der Waals surface area (Å²) in [5.74, 6) is 0. The Morgan fingerprint density at radius 2 is 1.73 bits per heavy atom. The Morgan fingerprint density at radius 3 is 2.20 bits per heavy atom. The van der Waals surface area contributed by atoms with Crippen LogP contribution < -0.4 is 5.73 Å². The van der Waals surface area contributed by atoms with Crippen LogP contribution in [0.4, 0.5) is 0 Å². The molecule has 0 saturated carbocycles. The zero-order valence-electron chi connectivity index (χ0n) is 10.0. The van der Waals surface area contributed by atoms with Gasteiger partial charge in [0.2, 0.25) is 0 Å². The molecule has 86 valence electrons. The average Bonchev–Trinajstić information content (AvgIpc) is 2.21. The number of likely N-dealkylation sites (N-methyl/N-ethyl adjacent to an activating group) is 1. The summed E-state index contributed by atoms with van der Waals surface area (Å²) in [7, 11) is 2.40. The normalized spacial score (nSPS) is 42.3. The van der Waals surface area contributed by atoms with Gasteiger partial charge in [-0.05, 0) is 6.92 Å². The molecule has 4 nitrogen and oxygen atoms in total. The summed E-state index contributed by atoms with van der Waals surface area (Å²) in [5, 5.41) is 0. The van der Waals surface area contributed by atoms with Crippen molar-refractivity contribution in [1.29, 1.82) is 0 Å². The second-order valence-electron chi connectivity index (χ2n) is 5.63. The van der Waals surface area contributed by atoms with Crippen LogP contribution in [-0.2, 0) is 0 Å². The summed E-state index contributed by atoms with van der Waals surface area (Å²) in [4.78, 5) is 4.28. The predicted octanol–water partition coefficient (Wildman–Crippen LogP) is -0.347. The first-order valence-electron chi connectivity index (χ1n) is 6.00. The van der Waals surface area contributed by atoms with E-state index in [2.05, 4.69) is 19.0 Å². The molecule has 3 fully saturated rings. The van der Waals surface area contributed by atoms with Gasteiger partial charge in [-0.2, -0.15) is 0 Å². The van der Waals surface area contributed by atoms with Crippen LogP contribution in [0.5, 0.6) is 0 Å². The molecule has 4 heteroatoms. The second kappa shape index (κ2) is 3.76. The molecule has 3 aliphatic rings. The maximum atomic E-state index is 5.35. The van der Waals surface area contributed by atoms with E-state index in [9.17, 15) is 0 Å². The number of aliphatic imine (C=N–C) groups is 1. The molecular weight excluding hydrogens is 188 g/mol. The average molecular weight is 212 g/mol. The van der Waals surface area contributed by atoms with Crippen LogP contribution >= 0.6 is 0 Å². The molecule has 2 bridgehead atoms. The van der Waals surface area contributed by atoms with Crippen LogP contribution in [0.15, 0.2) is 4.99 Å². The van der Waals surface area contributed by atoms with Crippen molar-refractivity contribution in [3.05, 3.63) is 0 Å². The Labute approximate surface area is 92.6 Å². The number of nitrogens with two attached hydrogens (primary N) is 1. The third kappa shape index (κ3) is 2.16. The first-order valence-corrected chi connectivity index (χ1v) is 6.00. The van der Waals surface area contributed by atoms with Crippen molar-refractivity contribution in [2.45, 2.75) is 13.0 Å². The standard InChI is InChI=1S/C11H24N4/c1-11(13-10-12)9-15-6-3-14(2,4-7-15)5-8-15/h10-11H,3-9H2,1-2H3,(H2,12,13)/q+2. The smallest absolute Gasteiger partial charge is 0.129 e. The Morgan fingerprint density at radius 1 is 1.20 bits per heavy atom. The fourth-order valence-corrected chi connectivity index (χ4v) is 3.06. The highest BCUT2D eigenvalue weighted by atomic mass is 15.5. The molecule has 0 radical (unpaired) electrons. The maximum Gasteiger partial charge on any atom is 0.129 e. The van der Waals surface area contributed by atoms with Gasteiger partial charge in [0.1, 0.15) is 45.8 Å². The Balaban J connectivity index is 1.97. The fraction of sp³-hybridized carbons (Fsp3) is 0.909. The summed E-state index contributed by atoms with van der Waals surface area (Å²) in [5.41, 5.74) is 5.35. The van der Waals surface area contributed by atoms with Gasteiger partial charge < -0.3 is 14.7 Å². The molecule has 2 N–H and O–H groups in total. The number of nitrogens with zero attached hydrogens (tertiary/aromatic N) is 3. The molecule has 0 aromatic carbocycles. The highest BCUT2D eigenvalue weighted by Crippen LogP contribution is 2.25. The van der Waals surface area contributed by atoms with E-state index in [0.717, 1.165) is 0 Å². The van der Waals surface area contributed by atoms with Crippen molar-refractivity contribution < 1.29 is 8.97 Å². The van der Waals surface area contributed by atoms with Crippen molar-refractivity contribution in [3.8, 4) is 0 Å². The molecule has 1 unspecified atom stereocenters. The van der Waals surface area contributed by atoms with E-state index >= 15 is 0 Å². The fourth-order valence-electron chi connectivity index (χ4n) is 3.06. The monoisotopic (exact) mass is 212 g/mol. The van der Waals surface area contributed by atoms with E-state index in [1.165, 1.54) is 61.1 Å². The van der Waals surface area contributed by atoms with Crippen molar-refractivity contribution in [1.82, 2.24) is 0 Å². The predicted molar refractivity (Wildman–Crippen MR) is 62.7 cm³/mol. The molecule has 0 aliphatic carbocycles. The minimum Gasteiger partial charge on any atom is -0.390 e. The lowest BCUT2D eigenvalue weighted by molar-refractivity contribution is -1.07. The van der Waals surface area contributed by atoms with Crippen LogP contribution in [-0.4, -0.2) is 74.2 Å². The van der Waals surface area contributed by atoms with Gasteiger partial charge in [0.25, 0.3) is 0 Å². The highest BCUT2D eigenvalue weighted by molar-refractivity contribution is 5.51. The zero-order chi connectivity index (χ0) is 10.9. The van der Waals surface area contributed by atoms with Crippen LogP contribution in [0.3, 0.4) is 0 Å². The zero-order valence-corrected chi connectivity index (χ0v) is 10.0. The number of hydrogen-bond acceptors (Lipinski definition) is 1. The number of rotatable bonds is 3. The van der Waals surface area contributed by atoms with Crippen molar-refractivity contribution in [3.63, 3.8) is 0 Å². The number of piperazine rings is 3. The van der Waals surface area contributed by atoms with Crippen LogP contribution in [0.2, 0.25) is 0 Å².